The zero-order valence-corrected chi connectivity index (χ0v) is 17.3. The molecule has 0 radical (unpaired) electrons. The molecule has 3 nitrogen and oxygen atoms in total. The van der Waals surface area contributed by atoms with E-state index in [1.54, 1.807) is 6.21 Å². The van der Waals surface area contributed by atoms with Crippen LogP contribution in [0.3, 0.4) is 0 Å². The maximum Gasteiger partial charge on any atom is 0.137 e. The van der Waals surface area contributed by atoms with Crippen molar-refractivity contribution in [2.45, 2.75) is 0 Å². The van der Waals surface area contributed by atoms with Gasteiger partial charge in [0.05, 0.1) is 9.78 Å². The Balaban J connectivity index is 1.78. The first-order valence-corrected chi connectivity index (χ1v) is 9.79. The molecule has 0 fully saturated rings. The fourth-order valence-corrected chi connectivity index (χ4v) is 4.82. The lowest BCUT2D eigenvalue weighted by Crippen LogP contribution is -1.97. The molecule has 0 saturated heterocycles. The number of rotatable bonds is 2. The van der Waals surface area contributed by atoms with Gasteiger partial charge in [-0.3, -0.25) is 0 Å². The van der Waals surface area contributed by atoms with Gasteiger partial charge in [-0.15, -0.1) is 5.10 Å². The average Bonchev–Trinajstić information content (AvgIpc) is 2.93. The first-order chi connectivity index (χ1) is 12.1. The number of phenols is 1. The highest BCUT2D eigenvalue weighted by molar-refractivity contribution is 14.1. The molecule has 5 heteroatoms. The van der Waals surface area contributed by atoms with Crippen LogP contribution in [0.15, 0.2) is 70.9 Å². The third kappa shape index (κ3) is 3.10. The van der Waals surface area contributed by atoms with Crippen LogP contribution in [-0.2, 0) is 0 Å². The van der Waals surface area contributed by atoms with Crippen LogP contribution >= 0.6 is 45.2 Å². The summed E-state index contributed by atoms with van der Waals surface area (Å²) in [5.74, 6) is 0.234. The minimum absolute atomic E-state index is 0.234. The highest BCUT2D eigenvalue weighted by Crippen LogP contribution is 2.36. The standard InChI is InChI=1S/C20H12I2N2O/c21-13-9-12(20(25)18(22)10-13)11-23-24-19-16-7-3-1-5-14(16)15-6-2-4-8-17(15)19/h1-11,25H/b23-11+. The van der Waals surface area contributed by atoms with E-state index in [9.17, 15) is 5.11 Å². The first kappa shape index (κ1) is 16.7. The second-order valence-electron chi connectivity index (χ2n) is 5.61. The fraction of sp³-hybridized carbons (Fsp3) is 0. The molecule has 0 aliphatic heterocycles. The second-order valence-corrected chi connectivity index (χ2v) is 8.02. The minimum atomic E-state index is 0.234. The van der Waals surface area contributed by atoms with Gasteiger partial charge in [0.25, 0.3) is 0 Å². The molecule has 0 aromatic heterocycles. The number of phenolic OH excluding ortho intramolecular Hbond substituents is 1. The van der Waals surface area contributed by atoms with Crippen molar-refractivity contribution >= 4 is 57.1 Å². The molecule has 25 heavy (non-hydrogen) atoms. The Labute approximate surface area is 172 Å². The lowest BCUT2D eigenvalue weighted by molar-refractivity contribution is 0.470. The van der Waals surface area contributed by atoms with Crippen molar-refractivity contribution in [1.82, 2.24) is 0 Å². The number of nitrogens with zero attached hydrogens (tertiary/aromatic N) is 2. The summed E-state index contributed by atoms with van der Waals surface area (Å²) in [6.07, 6.45) is 1.61. The van der Waals surface area contributed by atoms with Crippen LogP contribution in [0.25, 0.3) is 11.1 Å². The van der Waals surface area contributed by atoms with Crippen molar-refractivity contribution < 1.29 is 5.11 Å². The number of benzene rings is 3. The zero-order chi connectivity index (χ0) is 17.4. The van der Waals surface area contributed by atoms with Gasteiger partial charge < -0.3 is 5.11 Å². The van der Waals surface area contributed by atoms with Crippen LogP contribution in [0.4, 0.5) is 0 Å². The van der Waals surface area contributed by atoms with Crippen molar-refractivity contribution in [3.63, 3.8) is 0 Å². The van der Waals surface area contributed by atoms with Crippen molar-refractivity contribution in [3.8, 4) is 16.9 Å². The van der Waals surface area contributed by atoms with Gasteiger partial charge in [0.15, 0.2) is 0 Å². The highest BCUT2D eigenvalue weighted by Gasteiger charge is 2.23. The summed E-state index contributed by atoms with van der Waals surface area (Å²) in [7, 11) is 0. The molecule has 122 valence electrons. The summed E-state index contributed by atoms with van der Waals surface area (Å²) < 4.78 is 1.85. The van der Waals surface area contributed by atoms with Gasteiger partial charge in [-0.05, 0) is 68.4 Å². The molecule has 0 unspecified atom stereocenters. The second kappa shape index (κ2) is 6.87. The summed E-state index contributed by atoms with van der Waals surface area (Å²) in [4.78, 5) is 0. The molecule has 3 aromatic rings. The molecule has 0 atom stereocenters. The van der Waals surface area contributed by atoms with Crippen LogP contribution in [-0.4, -0.2) is 17.0 Å². The number of halogens is 2. The van der Waals surface area contributed by atoms with E-state index >= 15 is 0 Å². The average molecular weight is 550 g/mol. The third-order valence-electron chi connectivity index (χ3n) is 4.07. The Morgan fingerprint density at radius 1 is 0.800 bits per heavy atom. The van der Waals surface area contributed by atoms with E-state index in [0.29, 0.717) is 5.56 Å². The Morgan fingerprint density at radius 3 is 1.96 bits per heavy atom. The molecule has 3 aromatic carbocycles. The predicted octanol–water partition coefficient (Wildman–Crippen LogP) is 5.45. The lowest BCUT2D eigenvalue weighted by Gasteiger charge is -2.02. The van der Waals surface area contributed by atoms with E-state index < -0.39 is 0 Å². The van der Waals surface area contributed by atoms with Crippen LogP contribution in [0.2, 0.25) is 0 Å². The molecule has 1 aliphatic rings. The van der Waals surface area contributed by atoms with Crippen molar-refractivity contribution in [3.05, 3.63) is 84.5 Å². The Kier molecular flexibility index (Phi) is 4.60. The number of hydrogen-bond donors (Lipinski definition) is 1. The summed E-state index contributed by atoms with van der Waals surface area (Å²) in [5.41, 5.74) is 6.06. The van der Waals surface area contributed by atoms with Gasteiger partial charge in [-0.25, -0.2) is 0 Å². The topological polar surface area (TPSA) is 45.0 Å². The molecular weight excluding hydrogens is 538 g/mol. The van der Waals surface area contributed by atoms with Gasteiger partial charge in [-0.2, -0.15) is 5.10 Å². The van der Waals surface area contributed by atoms with Gasteiger partial charge in [0.2, 0.25) is 0 Å². The zero-order valence-electron chi connectivity index (χ0n) is 12.9. The van der Waals surface area contributed by atoms with Crippen molar-refractivity contribution in [2.24, 2.45) is 10.2 Å². The molecule has 0 heterocycles. The van der Waals surface area contributed by atoms with Crippen LogP contribution in [0, 0.1) is 7.14 Å². The van der Waals surface area contributed by atoms with E-state index in [2.05, 4.69) is 79.7 Å². The predicted molar refractivity (Wildman–Crippen MR) is 119 cm³/mol. The smallest absolute Gasteiger partial charge is 0.137 e. The summed E-state index contributed by atoms with van der Waals surface area (Å²) in [6.45, 7) is 0. The molecule has 0 saturated carbocycles. The van der Waals surface area contributed by atoms with E-state index in [4.69, 9.17) is 0 Å². The maximum atomic E-state index is 10.2. The molecule has 1 aliphatic carbocycles. The van der Waals surface area contributed by atoms with Gasteiger partial charge >= 0.3 is 0 Å². The van der Waals surface area contributed by atoms with Crippen LogP contribution in [0.5, 0.6) is 5.75 Å². The summed E-state index contributed by atoms with van der Waals surface area (Å²) in [5, 5.41) is 18.9. The van der Waals surface area contributed by atoms with E-state index in [1.807, 2.05) is 36.4 Å². The van der Waals surface area contributed by atoms with E-state index in [1.165, 1.54) is 11.1 Å². The lowest BCUT2D eigenvalue weighted by atomic mass is 10.1. The molecule has 0 spiro atoms. The SMILES string of the molecule is Oc1c(I)cc(I)cc1/C=N/N=C1c2ccccc2-c2ccccc21. The normalized spacial score (nSPS) is 12.3. The molecule has 0 bridgehead atoms. The summed E-state index contributed by atoms with van der Waals surface area (Å²) in [6, 6.07) is 20.2. The van der Waals surface area contributed by atoms with Gasteiger partial charge in [0.1, 0.15) is 11.5 Å². The summed E-state index contributed by atoms with van der Waals surface area (Å²) >= 11 is 4.34. The van der Waals surface area contributed by atoms with E-state index in [0.717, 1.165) is 24.0 Å². The Bertz CT molecular complexity index is 994. The number of hydrogen-bond acceptors (Lipinski definition) is 3. The first-order valence-electron chi connectivity index (χ1n) is 7.63. The molecule has 1 N–H and O–H groups in total. The van der Waals surface area contributed by atoms with Crippen molar-refractivity contribution in [1.29, 1.82) is 0 Å². The van der Waals surface area contributed by atoms with E-state index in [-0.39, 0.29) is 5.75 Å². The van der Waals surface area contributed by atoms with Crippen molar-refractivity contribution in [2.75, 3.05) is 0 Å². The van der Waals surface area contributed by atoms with Gasteiger partial charge in [0, 0.05) is 20.3 Å². The molecule has 0 amide bonds. The fourth-order valence-electron chi connectivity index (χ4n) is 2.93. The molecule has 4 rings (SSSR count). The van der Waals surface area contributed by atoms with Gasteiger partial charge in [-0.1, -0.05) is 48.5 Å². The Morgan fingerprint density at radius 2 is 1.36 bits per heavy atom. The highest BCUT2D eigenvalue weighted by atomic mass is 127. The minimum Gasteiger partial charge on any atom is -0.506 e. The van der Waals surface area contributed by atoms with Crippen LogP contribution in [0.1, 0.15) is 16.7 Å². The number of aromatic hydroxyl groups is 1. The maximum absolute atomic E-state index is 10.2. The van der Waals surface area contributed by atoms with Crippen LogP contribution < -0.4 is 0 Å². The quantitative estimate of drug-likeness (QED) is 0.202. The monoisotopic (exact) mass is 550 g/mol. The Hall–Kier alpha value is -1.74. The molecular formula is C20H12I2N2O. The number of fused-ring (bicyclic) bond motifs is 3. The largest absolute Gasteiger partial charge is 0.506 e. The third-order valence-corrected chi connectivity index (χ3v) is 5.51.